The molecule has 36 heavy (non-hydrogen) atoms. The first-order chi connectivity index (χ1) is 17.4. The molecule has 0 aromatic heterocycles. The minimum atomic E-state index is 0.264. The number of nitrogens with two attached hydrogens (primary N) is 2. The number of carbonyl (C=O) groups is 1. The molecule has 0 aliphatic heterocycles. The molecule has 1 unspecified atom stereocenters. The Kier molecular flexibility index (Phi) is 19.5. The number of aldehydes is 1. The van der Waals surface area contributed by atoms with Crippen molar-refractivity contribution >= 4 is 12.1 Å². The first kappa shape index (κ1) is 33.0. The molecule has 8 heteroatoms. The number of carbonyl (C=O) groups excluding carboxylic acids is 1. The van der Waals surface area contributed by atoms with E-state index in [1.54, 1.807) is 12.1 Å². The van der Waals surface area contributed by atoms with Crippen LogP contribution in [0.1, 0.15) is 49.8 Å². The van der Waals surface area contributed by atoms with Crippen LogP contribution in [0.15, 0.2) is 66.2 Å². The van der Waals surface area contributed by atoms with Crippen molar-refractivity contribution in [2.45, 2.75) is 45.6 Å². The topological polar surface area (TPSA) is 137 Å². The molecule has 0 aliphatic carbocycles. The number of hydrogen-bond acceptors (Lipinski definition) is 7. The molecule has 0 aliphatic rings. The number of aromatic hydroxyl groups is 1. The molecule has 0 spiro atoms. The maximum Gasteiger partial charge on any atom is 0.142 e. The van der Waals surface area contributed by atoms with Gasteiger partial charge in [-0.2, -0.15) is 0 Å². The minimum Gasteiger partial charge on any atom is -0.508 e. The molecule has 0 heterocycles. The smallest absolute Gasteiger partial charge is 0.142 e. The van der Waals surface area contributed by atoms with Crippen molar-refractivity contribution in [1.82, 2.24) is 10.3 Å². The van der Waals surface area contributed by atoms with Crippen molar-refractivity contribution < 1.29 is 15.0 Å². The van der Waals surface area contributed by atoms with E-state index < -0.39 is 0 Å². The van der Waals surface area contributed by atoms with Crippen LogP contribution in [0.25, 0.3) is 0 Å². The van der Waals surface area contributed by atoms with Gasteiger partial charge >= 0.3 is 0 Å². The van der Waals surface area contributed by atoms with E-state index in [1.807, 2.05) is 49.4 Å². The Labute approximate surface area is 216 Å². The third-order valence-corrected chi connectivity index (χ3v) is 5.06. The lowest BCUT2D eigenvalue weighted by atomic mass is 10.0. The zero-order valence-electron chi connectivity index (χ0n) is 22.1. The summed E-state index contributed by atoms with van der Waals surface area (Å²) in [6.45, 7) is 11.4. The number of hydrogen-bond donors (Lipinski definition) is 5. The maximum atomic E-state index is 10.3. The first-order valence-corrected chi connectivity index (χ1v) is 12.3. The molecule has 0 bridgehead atoms. The van der Waals surface area contributed by atoms with Gasteiger partial charge in [-0.25, -0.2) is 5.84 Å². The van der Waals surface area contributed by atoms with Crippen molar-refractivity contribution in [2.75, 3.05) is 33.3 Å². The number of nitrogens with zero attached hydrogens (tertiary/aromatic N) is 2. The number of phenols is 1. The summed E-state index contributed by atoms with van der Waals surface area (Å²) in [6, 6.07) is 15.5. The molecule has 200 valence electrons. The van der Waals surface area contributed by atoms with Gasteiger partial charge in [0.05, 0.1) is 0 Å². The summed E-state index contributed by atoms with van der Waals surface area (Å²) in [4.78, 5) is 17.0. The van der Waals surface area contributed by atoms with E-state index in [-0.39, 0.29) is 11.8 Å². The predicted molar refractivity (Wildman–Crippen MR) is 150 cm³/mol. The van der Waals surface area contributed by atoms with Gasteiger partial charge in [0.1, 0.15) is 17.9 Å². The van der Waals surface area contributed by atoms with Crippen molar-refractivity contribution in [2.24, 2.45) is 16.6 Å². The van der Waals surface area contributed by atoms with Gasteiger partial charge in [-0.05, 0) is 56.0 Å². The van der Waals surface area contributed by atoms with Gasteiger partial charge < -0.3 is 26.2 Å². The van der Waals surface area contributed by atoms with Crippen LogP contribution in [0.5, 0.6) is 5.75 Å². The van der Waals surface area contributed by atoms with E-state index in [2.05, 4.69) is 28.8 Å². The van der Waals surface area contributed by atoms with Gasteiger partial charge in [0.25, 0.3) is 0 Å². The second-order valence-electron chi connectivity index (χ2n) is 8.20. The Morgan fingerprint density at radius 3 is 2.39 bits per heavy atom. The summed E-state index contributed by atoms with van der Waals surface area (Å²) in [5, 5.41) is 16.5. The number of likely N-dealkylation sites (N-methyl/N-ethyl adjacent to an activating group) is 1. The maximum absolute atomic E-state index is 10.3. The van der Waals surface area contributed by atoms with Crippen LogP contribution in [0, 0.1) is 0 Å². The Morgan fingerprint density at radius 1 is 1.17 bits per heavy atom. The lowest BCUT2D eigenvalue weighted by Crippen LogP contribution is -2.35. The van der Waals surface area contributed by atoms with Gasteiger partial charge in [-0.1, -0.05) is 49.4 Å². The third kappa shape index (κ3) is 15.1. The zero-order valence-corrected chi connectivity index (χ0v) is 22.1. The van der Waals surface area contributed by atoms with Crippen LogP contribution in [0.4, 0.5) is 0 Å². The Hall–Kier alpha value is -3.04. The largest absolute Gasteiger partial charge is 0.508 e. The number of hydrazine groups is 1. The molecule has 1 atom stereocenters. The van der Waals surface area contributed by atoms with E-state index in [4.69, 9.17) is 16.7 Å². The average molecular weight is 500 g/mol. The van der Waals surface area contributed by atoms with E-state index in [0.29, 0.717) is 18.8 Å². The van der Waals surface area contributed by atoms with E-state index >= 15 is 0 Å². The predicted octanol–water partition coefficient (Wildman–Crippen LogP) is 3.01. The monoisotopic (exact) mass is 499 g/mol. The fourth-order valence-electron chi connectivity index (χ4n) is 3.36. The Bertz CT molecular complexity index is 870. The number of aliphatic imine (C=N–C) groups is 1. The number of phenolic OH excluding ortho intramolecular Hbond substituents is 1. The molecular weight excluding hydrogens is 454 g/mol. The summed E-state index contributed by atoms with van der Waals surface area (Å²) in [5.41, 5.74) is 11.4. The van der Waals surface area contributed by atoms with Crippen LogP contribution in [-0.2, 0) is 11.2 Å². The fourth-order valence-corrected chi connectivity index (χ4v) is 3.36. The van der Waals surface area contributed by atoms with E-state index in [9.17, 15) is 9.90 Å². The highest BCUT2D eigenvalue weighted by Crippen LogP contribution is 2.15. The number of aliphatic hydroxyl groups is 1. The SMILES string of the molecule is C=CCN(CC)CC(C)N.CO.NNC(=NCCCCC=O)c1ccc(Cc2cccc(O)c2)cc1. The summed E-state index contributed by atoms with van der Waals surface area (Å²) in [5.74, 6) is 6.48. The van der Waals surface area contributed by atoms with Crippen LogP contribution >= 0.6 is 0 Å². The highest BCUT2D eigenvalue weighted by molar-refractivity contribution is 5.98. The molecule has 0 saturated heterocycles. The summed E-state index contributed by atoms with van der Waals surface area (Å²) in [7, 11) is 1.00. The molecule has 2 aromatic carbocycles. The standard InChI is InChI=1S/C19H23N3O2.C8H18N2.CH4O/c20-22-19(21-11-2-1-3-12-23)17-9-7-15(8-10-17)13-16-5-4-6-18(24)14-16;1-4-6-10(5-2)7-8(3)9;1-2/h4-10,12,14,24H,1-3,11,13,20H2,(H,21,22);4,8H,1,5-7,9H2,2-3H3;2H,1H3. The third-order valence-electron chi connectivity index (χ3n) is 5.06. The lowest BCUT2D eigenvalue weighted by Gasteiger charge is -2.20. The Balaban J connectivity index is 0.000000861. The number of amidine groups is 1. The molecular formula is C28H45N5O3. The molecule has 2 aromatic rings. The number of benzene rings is 2. The van der Waals surface area contributed by atoms with Gasteiger partial charge in [0.15, 0.2) is 0 Å². The molecule has 0 fully saturated rings. The van der Waals surface area contributed by atoms with Gasteiger partial charge in [0.2, 0.25) is 0 Å². The van der Waals surface area contributed by atoms with Crippen molar-refractivity contribution in [3.63, 3.8) is 0 Å². The van der Waals surface area contributed by atoms with Crippen molar-refractivity contribution in [3.8, 4) is 5.75 Å². The molecule has 0 amide bonds. The minimum absolute atomic E-state index is 0.264. The molecule has 7 N–H and O–H groups in total. The number of aliphatic hydroxyl groups excluding tert-OH is 1. The van der Waals surface area contributed by atoms with Crippen LogP contribution in [0.3, 0.4) is 0 Å². The second-order valence-corrected chi connectivity index (χ2v) is 8.20. The number of unbranched alkanes of at least 4 members (excludes halogenated alkanes) is 2. The molecule has 0 saturated carbocycles. The summed E-state index contributed by atoms with van der Waals surface area (Å²) < 4.78 is 0. The average Bonchev–Trinajstić information content (AvgIpc) is 2.88. The summed E-state index contributed by atoms with van der Waals surface area (Å²) in [6.07, 6.45) is 5.86. The molecule has 2 rings (SSSR count). The fraction of sp³-hybridized carbons (Fsp3) is 0.429. The lowest BCUT2D eigenvalue weighted by molar-refractivity contribution is -0.107. The number of rotatable bonds is 13. The second kappa shape index (κ2) is 21.3. The highest BCUT2D eigenvalue weighted by atomic mass is 16.3. The van der Waals surface area contributed by atoms with Gasteiger partial charge in [-0.15, -0.1) is 6.58 Å². The highest BCUT2D eigenvalue weighted by Gasteiger charge is 2.03. The van der Waals surface area contributed by atoms with Gasteiger partial charge in [-0.3, -0.25) is 9.89 Å². The number of nitrogens with one attached hydrogen (secondary N) is 1. The quantitative estimate of drug-likeness (QED) is 0.0543. The first-order valence-electron chi connectivity index (χ1n) is 12.3. The van der Waals surface area contributed by atoms with E-state index in [0.717, 1.165) is 69.0 Å². The van der Waals surface area contributed by atoms with Gasteiger partial charge in [0, 0.05) is 44.8 Å². The van der Waals surface area contributed by atoms with Crippen molar-refractivity contribution in [3.05, 3.63) is 77.9 Å². The van der Waals surface area contributed by atoms with Crippen LogP contribution in [0.2, 0.25) is 0 Å². The van der Waals surface area contributed by atoms with Crippen LogP contribution in [-0.4, -0.2) is 66.6 Å². The normalized spacial score (nSPS) is 11.5. The van der Waals surface area contributed by atoms with E-state index in [1.165, 1.54) is 0 Å². The molecule has 0 radical (unpaired) electrons. The summed E-state index contributed by atoms with van der Waals surface area (Å²) >= 11 is 0. The molecule has 8 nitrogen and oxygen atoms in total. The zero-order chi connectivity index (χ0) is 27.2. The van der Waals surface area contributed by atoms with Crippen molar-refractivity contribution in [1.29, 1.82) is 0 Å². The van der Waals surface area contributed by atoms with Crippen LogP contribution < -0.4 is 17.0 Å². The Morgan fingerprint density at radius 2 is 1.86 bits per heavy atom.